The van der Waals surface area contributed by atoms with Gasteiger partial charge in [0.15, 0.2) is 12.0 Å². The molecule has 80 valence electrons. The molecule has 0 fully saturated rings. The normalized spacial score (nSPS) is 19.9. The minimum absolute atomic E-state index is 0.269. The van der Waals surface area contributed by atoms with Crippen LogP contribution in [0.4, 0.5) is 4.39 Å². The van der Waals surface area contributed by atoms with Gasteiger partial charge in [0.1, 0.15) is 5.75 Å². The average molecular weight is 273 g/mol. The summed E-state index contributed by atoms with van der Waals surface area (Å²) < 4.78 is 18.9. The number of hydrogen-bond acceptors (Lipinski definition) is 2. The summed E-state index contributed by atoms with van der Waals surface area (Å²) in [6, 6.07) is 3.48. The van der Waals surface area contributed by atoms with Gasteiger partial charge < -0.3 is 4.74 Å². The van der Waals surface area contributed by atoms with E-state index in [9.17, 15) is 9.18 Å². The zero-order valence-corrected chi connectivity index (χ0v) is 9.80. The number of hydrogen-bond donors (Lipinski definition) is 0. The number of aryl methyl sites for hydroxylation is 1. The summed E-state index contributed by atoms with van der Waals surface area (Å²) in [5, 5.41) is 0. The number of carbonyl (C=O) groups excluding carboxylic acids is 1. The summed E-state index contributed by atoms with van der Waals surface area (Å²) in [5.74, 6) is 0.261. The fourth-order valence-corrected chi connectivity index (χ4v) is 2.47. The van der Waals surface area contributed by atoms with Crippen molar-refractivity contribution in [1.29, 1.82) is 0 Å². The van der Waals surface area contributed by atoms with E-state index in [0.717, 1.165) is 5.56 Å². The van der Waals surface area contributed by atoms with Crippen molar-refractivity contribution in [2.24, 2.45) is 0 Å². The molecular formula is C11H10BrFO2. The highest BCUT2D eigenvalue weighted by Gasteiger charge is 2.29. The van der Waals surface area contributed by atoms with Crippen molar-refractivity contribution in [3.05, 3.63) is 27.7 Å². The molecular weight excluding hydrogens is 263 g/mol. The molecule has 1 unspecified atom stereocenters. The molecule has 0 radical (unpaired) electrons. The molecule has 15 heavy (non-hydrogen) atoms. The van der Waals surface area contributed by atoms with Crippen LogP contribution in [0.25, 0.3) is 0 Å². The maximum absolute atomic E-state index is 13.2. The third-order valence-corrected chi connectivity index (χ3v) is 3.20. The predicted molar refractivity (Wildman–Crippen MR) is 58.2 cm³/mol. The SMILES string of the molecule is COc1cc(Br)c2c(c1)CCC(F)C2=O. The molecule has 1 aromatic carbocycles. The van der Waals surface area contributed by atoms with Gasteiger partial charge in [0.25, 0.3) is 0 Å². The molecule has 0 N–H and O–H groups in total. The quantitative estimate of drug-likeness (QED) is 0.786. The minimum atomic E-state index is -1.36. The van der Waals surface area contributed by atoms with E-state index in [2.05, 4.69) is 15.9 Å². The first-order valence-electron chi connectivity index (χ1n) is 4.68. The van der Waals surface area contributed by atoms with Crippen LogP contribution < -0.4 is 4.74 Å². The number of rotatable bonds is 1. The summed E-state index contributed by atoms with van der Waals surface area (Å²) >= 11 is 3.27. The Bertz CT molecular complexity index is 417. The van der Waals surface area contributed by atoms with Crippen molar-refractivity contribution < 1.29 is 13.9 Å². The van der Waals surface area contributed by atoms with Crippen LogP contribution in [0, 0.1) is 0 Å². The van der Waals surface area contributed by atoms with E-state index in [-0.39, 0.29) is 6.42 Å². The smallest absolute Gasteiger partial charge is 0.198 e. The molecule has 0 heterocycles. The van der Waals surface area contributed by atoms with Crippen molar-refractivity contribution in [3.63, 3.8) is 0 Å². The summed E-state index contributed by atoms with van der Waals surface area (Å²) in [6.45, 7) is 0. The fraction of sp³-hybridized carbons (Fsp3) is 0.364. The van der Waals surface area contributed by atoms with E-state index in [4.69, 9.17) is 4.74 Å². The van der Waals surface area contributed by atoms with Crippen LogP contribution in [0.2, 0.25) is 0 Å². The van der Waals surface area contributed by atoms with Crippen LogP contribution in [0.15, 0.2) is 16.6 Å². The van der Waals surface area contributed by atoms with Crippen molar-refractivity contribution in [2.45, 2.75) is 19.0 Å². The highest BCUT2D eigenvalue weighted by Crippen LogP contribution is 2.33. The van der Waals surface area contributed by atoms with Gasteiger partial charge in [-0.1, -0.05) is 0 Å². The molecule has 4 heteroatoms. The maximum atomic E-state index is 13.2. The number of Topliss-reactive ketones (excluding diaryl/α,β-unsaturated/α-hetero) is 1. The number of methoxy groups -OCH3 is 1. The van der Waals surface area contributed by atoms with Gasteiger partial charge in [0.05, 0.1) is 7.11 Å². The van der Waals surface area contributed by atoms with Gasteiger partial charge in [-0.3, -0.25) is 4.79 Å². The zero-order valence-electron chi connectivity index (χ0n) is 8.22. The second-order valence-electron chi connectivity index (χ2n) is 3.51. The molecule has 0 saturated heterocycles. The Morgan fingerprint density at radius 1 is 1.53 bits per heavy atom. The number of carbonyl (C=O) groups is 1. The van der Waals surface area contributed by atoms with Gasteiger partial charge in [-0.2, -0.15) is 0 Å². The van der Waals surface area contributed by atoms with Crippen LogP contribution in [-0.2, 0) is 6.42 Å². The molecule has 0 amide bonds. The zero-order chi connectivity index (χ0) is 11.0. The predicted octanol–water partition coefficient (Wildman–Crippen LogP) is 2.92. The highest BCUT2D eigenvalue weighted by molar-refractivity contribution is 9.10. The number of halogens is 2. The lowest BCUT2D eigenvalue weighted by Gasteiger charge is -2.19. The number of alkyl halides is 1. The van der Waals surface area contributed by atoms with E-state index in [0.29, 0.717) is 22.2 Å². The Morgan fingerprint density at radius 2 is 2.27 bits per heavy atom. The van der Waals surface area contributed by atoms with Crippen LogP contribution >= 0.6 is 15.9 Å². The van der Waals surface area contributed by atoms with E-state index in [1.54, 1.807) is 19.2 Å². The molecule has 0 spiro atoms. The number of ketones is 1. The lowest BCUT2D eigenvalue weighted by atomic mass is 9.89. The highest BCUT2D eigenvalue weighted by atomic mass is 79.9. The summed E-state index contributed by atoms with van der Waals surface area (Å²) in [6.07, 6.45) is -0.508. The Kier molecular flexibility index (Phi) is 2.78. The minimum Gasteiger partial charge on any atom is -0.497 e. The van der Waals surface area contributed by atoms with Gasteiger partial charge >= 0.3 is 0 Å². The van der Waals surface area contributed by atoms with Gasteiger partial charge in [-0.05, 0) is 46.5 Å². The molecule has 1 atom stereocenters. The van der Waals surface area contributed by atoms with Crippen molar-refractivity contribution in [3.8, 4) is 5.75 Å². The van der Waals surface area contributed by atoms with Crippen LogP contribution in [0.5, 0.6) is 5.75 Å². The largest absolute Gasteiger partial charge is 0.497 e. The second kappa shape index (κ2) is 3.93. The van der Waals surface area contributed by atoms with Crippen LogP contribution in [0.1, 0.15) is 22.3 Å². The average Bonchev–Trinajstić information content (AvgIpc) is 2.23. The third kappa shape index (κ3) is 1.78. The Hall–Kier alpha value is -0.900. The molecule has 1 aliphatic rings. The first-order chi connectivity index (χ1) is 7.13. The molecule has 0 bridgehead atoms. The monoisotopic (exact) mass is 272 g/mol. The summed E-state index contributed by atoms with van der Waals surface area (Å²) in [7, 11) is 1.57. The molecule has 0 aliphatic heterocycles. The lowest BCUT2D eigenvalue weighted by molar-refractivity contribution is 0.0855. The standard InChI is InChI=1S/C11H10BrFO2/c1-15-7-4-6-2-3-9(13)11(14)10(6)8(12)5-7/h4-5,9H,2-3H2,1H3. The Morgan fingerprint density at radius 3 is 2.93 bits per heavy atom. The molecule has 2 nitrogen and oxygen atoms in total. The first-order valence-corrected chi connectivity index (χ1v) is 5.47. The van der Waals surface area contributed by atoms with Gasteiger partial charge in [-0.15, -0.1) is 0 Å². The van der Waals surface area contributed by atoms with E-state index in [1.165, 1.54) is 0 Å². The van der Waals surface area contributed by atoms with Gasteiger partial charge in [0.2, 0.25) is 0 Å². The number of fused-ring (bicyclic) bond motifs is 1. The molecule has 1 aliphatic carbocycles. The molecule has 0 saturated carbocycles. The van der Waals surface area contributed by atoms with Crippen molar-refractivity contribution in [2.75, 3.05) is 7.11 Å². The molecule has 1 aromatic rings. The fourth-order valence-electron chi connectivity index (χ4n) is 1.80. The lowest BCUT2D eigenvalue weighted by Crippen LogP contribution is -2.24. The van der Waals surface area contributed by atoms with Crippen LogP contribution in [0.3, 0.4) is 0 Å². The maximum Gasteiger partial charge on any atom is 0.198 e. The van der Waals surface area contributed by atoms with E-state index >= 15 is 0 Å². The second-order valence-corrected chi connectivity index (χ2v) is 4.37. The number of ether oxygens (including phenoxy) is 1. The van der Waals surface area contributed by atoms with Gasteiger partial charge in [0, 0.05) is 10.0 Å². The van der Waals surface area contributed by atoms with Crippen LogP contribution in [-0.4, -0.2) is 19.1 Å². The Labute approximate surface area is 95.6 Å². The van der Waals surface area contributed by atoms with Crippen molar-refractivity contribution >= 4 is 21.7 Å². The summed E-state index contributed by atoms with van der Waals surface area (Å²) in [5.41, 5.74) is 1.33. The number of benzene rings is 1. The summed E-state index contributed by atoms with van der Waals surface area (Å²) in [4.78, 5) is 11.6. The Balaban J connectivity index is 2.55. The van der Waals surface area contributed by atoms with E-state index < -0.39 is 12.0 Å². The third-order valence-electron chi connectivity index (χ3n) is 2.58. The molecule has 2 rings (SSSR count). The van der Waals surface area contributed by atoms with Crippen molar-refractivity contribution in [1.82, 2.24) is 0 Å². The molecule has 0 aromatic heterocycles. The topological polar surface area (TPSA) is 26.3 Å². The van der Waals surface area contributed by atoms with E-state index in [1.807, 2.05) is 0 Å². The van der Waals surface area contributed by atoms with Gasteiger partial charge in [-0.25, -0.2) is 4.39 Å². The first kappa shape index (κ1) is 10.6.